The number of carbonyl (C=O) groups is 1. The zero-order chi connectivity index (χ0) is 13.9. The van der Waals surface area contributed by atoms with Crippen molar-refractivity contribution in [3.8, 4) is 0 Å². The molecule has 1 heterocycles. The van der Waals surface area contributed by atoms with Crippen LogP contribution < -0.4 is 5.32 Å². The highest BCUT2D eigenvalue weighted by Gasteiger charge is 2.36. The normalized spacial score (nSPS) is 21.1. The molecule has 19 heavy (non-hydrogen) atoms. The summed E-state index contributed by atoms with van der Waals surface area (Å²) in [4.78, 5) is 11.7. The number of amides is 1. The predicted octanol–water partition coefficient (Wildman–Crippen LogP) is 0.727. The molecule has 5 nitrogen and oxygen atoms in total. The van der Waals surface area contributed by atoms with Crippen LogP contribution in [0.5, 0.6) is 0 Å². The van der Waals surface area contributed by atoms with Crippen molar-refractivity contribution in [1.29, 1.82) is 0 Å². The molecule has 1 atom stereocenters. The predicted molar refractivity (Wildman–Crippen MR) is 72.9 cm³/mol. The van der Waals surface area contributed by atoms with Crippen molar-refractivity contribution in [3.05, 3.63) is 35.9 Å². The van der Waals surface area contributed by atoms with Crippen LogP contribution in [-0.2, 0) is 20.6 Å². The number of hydrogen-bond acceptors (Lipinski definition) is 3. The molecule has 0 spiro atoms. The first-order valence-electron chi connectivity index (χ1n) is 6.35. The molecule has 1 aliphatic heterocycles. The molecule has 1 saturated heterocycles. The van der Waals surface area contributed by atoms with Gasteiger partial charge in [0.2, 0.25) is 15.9 Å². The Hall–Kier alpha value is -1.40. The molecule has 1 unspecified atom stereocenters. The number of benzene rings is 1. The summed E-state index contributed by atoms with van der Waals surface area (Å²) in [7, 11) is -3.46. The van der Waals surface area contributed by atoms with Crippen molar-refractivity contribution in [2.24, 2.45) is 0 Å². The van der Waals surface area contributed by atoms with Crippen molar-refractivity contribution < 1.29 is 13.2 Å². The van der Waals surface area contributed by atoms with Gasteiger partial charge in [0.25, 0.3) is 0 Å². The Bertz CT molecular complexity index is 542. The summed E-state index contributed by atoms with van der Waals surface area (Å²) in [5.74, 6) is -0.261. The van der Waals surface area contributed by atoms with Crippen molar-refractivity contribution in [1.82, 2.24) is 9.62 Å². The Kier molecular flexibility index (Phi) is 4.21. The van der Waals surface area contributed by atoms with E-state index in [0.29, 0.717) is 19.5 Å². The largest absolute Gasteiger partial charge is 0.353 e. The van der Waals surface area contributed by atoms with E-state index >= 15 is 0 Å². The number of nitrogens with zero attached hydrogens (tertiary/aromatic N) is 1. The molecule has 1 aromatic rings. The van der Waals surface area contributed by atoms with Crippen molar-refractivity contribution in [3.63, 3.8) is 0 Å². The Morgan fingerprint density at radius 2 is 2.00 bits per heavy atom. The van der Waals surface area contributed by atoms with Gasteiger partial charge in [0, 0.05) is 13.1 Å². The van der Waals surface area contributed by atoms with Crippen molar-refractivity contribution >= 4 is 15.9 Å². The van der Waals surface area contributed by atoms with Gasteiger partial charge in [0.1, 0.15) is 6.04 Å². The second-order valence-corrected chi connectivity index (χ2v) is 6.49. The third-order valence-electron chi connectivity index (χ3n) is 3.22. The van der Waals surface area contributed by atoms with Gasteiger partial charge in [-0.15, -0.1) is 0 Å². The minimum absolute atomic E-state index is 0.0579. The van der Waals surface area contributed by atoms with Crippen molar-refractivity contribution in [2.75, 3.05) is 13.1 Å². The molecule has 0 radical (unpaired) electrons. The lowest BCUT2D eigenvalue weighted by molar-refractivity contribution is -0.126. The molecule has 0 aromatic heterocycles. The summed E-state index contributed by atoms with van der Waals surface area (Å²) in [5, 5.41) is 2.70. The minimum atomic E-state index is -3.46. The zero-order valence-corrected chi connectivity index (χ0v) is 11.7. The van der Waals surface area contributed by atoms with E-state index in [1.807, 2.05) is 25.1 Å². The van der Waals surface area contributed by atoms with Crippen LogP contribution in [0.4, 0.5) is 0 Å². The van der Waals surface area contributed by atoms with E-state index < -0.39 is 16.1 Å². The summed E-state index contributed by atoms with van der Waals surface area (Å²) < 4.78 is 26.2. The highest BCUT2D eigenvalue weighted by molar-refractivity contribution is 7.88. The average Bonchev–Trinajstić information content (AvgIpc) is 2.39. The van der Waals surface area contributed by atoms with Crippen LogP contribution in [0.2, 0.25) is 0 Å². The summed E-state index contributed by atoms with van der Waals surface area (Å²) in [6, 6.07) is 8.45. The lowest BCUT2D eigenvalue weighted by Crippen LogP contribution is -2.56. The lowest BCUT2D eigenvalue weighted by Gasteiger charge is -2.33. The molecule has 1 aromatic carbocycles. The quantitative estimate of drug-likeness (QED) is 0.885. The van der Waals surface area contributed by atoms with Crippen molar-refractivity contribution in [2.45, 2.75) is 25.1 Å². The van der Waals surface area contributed by atoms with Crippen LogP contribution in [0, 0.1) is 0 Å². The van der Waals surface area contributed by atoms with E-state index in [9.17, 15) is 13.2 Å². The molecular formula is C13H18N2O3S. The second-order valence-electron chi connectivity index (χ2n) is 4.57. The monoisotopic (exact) mass is 282 g/mol. The molecule has 6 heteroatoms. The number of sulfonamides is 1. The molecule has 104 valence electrons. The highest BCUT2D eigenvalue weighted by Crippen LogP contribution is 2.17. The Labute approximate surface area is 113 Å². The molecule has 1 fully saturated rings. The standard InChI is InChI=1S/C13H18N2O3S/c1-2-12-13(16)14-8-9-15(12)19(17,18)10-11-6-4-3-5-7-11/h3-7,12H,2,8-10H2,1H3,(H,14,16). The van der Waals surface area contributed by atoms with E-state index in [-0.39, 0.29) is 11.7 Å². The zero-order valence-electron chi connectivity index (χ0n) is 10.9. The number of nitrogens with one attached hydrogen (secondary N) is 1. The number of piperazine rings is 1. The molecule has 0 saturated carbocycles. The van der Waals surface area contributed by atoms with Crippen LogP contribution in [0.3, 0.4) is 0 Å². The maximum absolute atomic E-state index is 12.4. The molecular weight excluding hydrogens is 264 g/mol. The molecule has 0 aliphatic carbocycles. The van der Waals surface area contributed by atoms with Gasteiger partial charge in [0.05, 0.1) is 5.75 Å². The second kappa shape index (κ2) is 5.71. The summed E-state index contributed by atoms with van der Waals surface area (Å²) in [5.41, 5.74) is 0.739. The van der Waals surface area contributed by atoms with Gasteiger partial charge >= 0.3 is 0 Å². The average molecular weight is 282 g/mol. The smallest absolute Gasteiger partial charge is 0.238 e. The fourth-order valence-electron chi connectivity index (χ4n) is 2.28. The first-order valence-corrected chi connectivity index (χ1v) is 7.96. The third-order valence-corrected chi connectivity index (χ3v) is 5.07. The van der Waals surface area contributed by atoms with Crippen LogP contribution in [0.25, 0.3) is 0 Å². The fraction of sp³-hybridized carbons (Fsp3) is 0.462. The molecule has 1 amide bonds. The maximum Gasteiger partial charge on any atom is 0.238 e. The van der Waals surface area contributed by atoms with Crippen LogP contribution in [-0.4, -0.2) is 37.8 Å². The molecule has 1 aliphatic rings. The van der Waals surface area contributed by atoms with Gasteiger partial charge in [-0.3, -0.25) is 4.79 Å². The summed E-state index contributed by atoms with van der Waals surface area (Å²) >= 11 is 0. The number of hydrogen-bond donors (Lipinski definition) is 1. The van der Waals surface area contributed by atoms with E-state index in [4.69, 9.17) is 0 Å². The first-order chi connectivity index (χ1) is 9.04. The van der Waals surface area contributed by atoms with Crippen LogP contribution in [0.1, 0.15) is 18.9 Å². The fourth-order valence-corrected chi connectivity index (χ4v) is 4.06. The topological polar surface area (TPSA) is 66.5 Å². The maximum atomic E-state index is 12.4. The number of carbonyl (C=O) groups excluding carboxylic acids is 1. The molecule has 2 rings (SSSR count). The van der Waals surface area contributed by atoms with Gasteiger partial charge in [-0.2, -0.15) is 4.31 Å². The molecule has 0 bridgehead atoms. The van der Waals surface area contributed by atoms with Gasteiger partial charge in [0.15, 0.2) is 0 Å². The van der Waals surface area contributed by atoms with Gasteiger partial charge in [-0.05, 0) is 12.0 Å². The summed E-state index contributed by atoms with van der Waals surface area (Å²) in [6.07, 6.45) is 0.486. The first kappa shape index (κ1) is 14.0. The Morgan fingerprint density at radius 1 is 1.32 bits per heavy atom. The van der Waals surface area contributed by atoms with E-state index in [1.165, 1.54) is 4.31 Å². The SMILES string of the molecule is CCC1C(=O)NCCN1S(=O)(=O)Cc1ccccc1. The van der Waals surface area contributed by atoms with Crippen LogP contribution >= 0.6 is 0 Å². The highest BCUT2D eigenvalue weighted by atomic mass is 32.2. The minimum Gasteiger partial charge on any atom is -0.353 e. The molecule has 1 N–H and O–H groups in total. The van der Waals surface area contributed by atoms with E-state index in [2.05, 4.69) is 5.32 Å². The van der Waals surface area contributed by atoms with Gasteiger partial charge in [-0.25, -0.2) is 8.42 Å². The van der Waals surface area contributed by atoms with Crippen LogP contribution in [0.15, 0.2) is 30.3 Å². The van der Waals surface area contributed by atoms with E-state index in [0.717, 1.165) is 5.56 Å². The number of rotatable bonds is 4. The third kappa shape index (κ3) is 3.13. The van der Waals surface area contributed by atoms with Gasteiger partial charge < -0.3 is 5.32 Å². The van der Waals surface area contributed by atoms with Gasteiger partial charge in [-0.1, -0.05) is 37.3 Å². The lowest BCUT2D eigenvalue weighted by atomic mass is 10.2. The summed E-state index contributed by atoms with van der Waals surface area (Å²) in [6.45, 7) is 2.55. The Balaban J connectivity index is 2.21. The van der Waals surface area contributed by atoms with E-state index in [1.54, 1.807) is 12.1 Å². The Morgan fingerprint density at radius 3 is 2.63 bits per heavy atom.